The predicted octanol–water partition coefficient (Wildman–Crippen LogP) is 4.86. The van der Waals surface area contributed by atoms with E-state index in [2.05, 4.69) is 5.16 Å². The Bertz CT molecular complexity index is 900. The van der Waals surface area contributed by atoms with Gasteiger partial charge in [-0.05, 0) is 38.1 Å². The van der Waals surface area contributed by atoms with Crippen molar-refractivity contribution in [3.05, 3.63) is 68.2 Å². The van der Waals surface area contributed by atoms with Crippen LogP contribution in [0.25, 0.3) is 0 Å². The van der Waals surface area contributed by atoms with Crippen LogP contribution in [-0.2, 0) is 13.2 Å². The zero-order valence-electron chi connectivity index (χ0n) is 14.8. The number of aryl methyl sites for hydroxylation is 2. The summed E-state index contributed by atoms with van der Waals surface area (Å²) in [4.78, 5) is 15.5. The molecule has 0 aliphatic heterocycles. The minimum atomic E-state index is -0.108. The summed E-state index contributed by atoms with van der Waals surface area (Å²) < 4.78 is 11.8. The van der Waals surface area contributed by atoms with E-state index in [1.807, 2.05) is 38.1 Å². The van der Waals surface area contributed by atoms with Gasteiger partial charge in [0, 0.05) is 11.9 Å². The number of rotatable bonds is 6. The van der Waals surface area contributed by atoms with Crippen LogP contribution in [0.15, 0.2) is 40.9 Å². The number of hydrogen-bond donors (Lipinski definition) is 0. The van der Waals surface area contributed by atoms with E-state index < -0.39 is 0 Å². The summed E-state index contributed by atoms with van der Waals surface area (Å²) in [6.45, 7) is 4.51. The van der Waals surface area contributed by atoms with E-state index in [1.165, 1.54) is 11.3 Å². The van der Waals surface area contributed by atoms with Crippen molar-refractivity contribution in [2.24, 2.45) is 0 Å². The molecule has 0 aliphatic rings. The molecule has 3 aromatic rings. The van der Waals surface area contributed by atoms with Crippen LogP contribution < -0.4 is 4.74 Å². The first-order chi connectivity index (χ1) is 12.5. The fraction of sp³-hybridized carbons (Fsp3) is 0.263. The molecule has 7 heteroatoms. The van der Waals surface area contributed by atoms with Crippen LogP contribution in [0, 0.1) is 13.8 Å². The normalized spacial score (nSPS) is 10.8. The van der Waals surface area contributed by atoms with Crippen molar-refractivity contribution in [1.82, 2.24) is 10.1 Å². The van der Waals surface area contributed by atoms with Gasteiger partial charge in [-0.2, -0.15) is 0 Å². The Morgan fingerprint density at radius 3 is 2.69 bits per heavy atom. The third kappa shape index (κ3) is 4.08. The van der Waals surface area contributed by atoms with E-state index in [9.17, 15) is 4.79 Å². The average molecular weight is 391 g/mol. The summed E-state index contributed by atoms with van der Waals surface area (Å²) in [6.07, 6.45) is 0. The molecule has 0 N–H and O–H groups in total. The largest absolute Gasteiger partial charge is 0.488 e. The van der Waals surface area contributed by atoms with Gasteiger partial charge < -0.3 is 14.2 Å². The molecule has 136 valence electrons. The lowest BCUT2D eigenvalue weighted by Crippen LogP contribution is -2.26. The number of hydrogen-bond acceptors (Lipinski definition) is 5. The summed E-state index contributed by atoms with van der Waals surface area (Å²) in [5.41, 5.74) is 2.20. The van der Waals surface area contributed by atoms with Crippen LogP contribution in [-0.4, -0.2) is 23.0 Å². The number of thiophene rings is 1. The minimum Gasteiger partial charge on any atom is -0.488 e. The van der Waals surface area contributed by atoms with E-state index in [0.29, 0.717) is 28.8 Å². The molecule has 3 rings (SSSR count). The summed E-state index contributed by atoms with van der Waals surface area (Å²) >= 11 is 7.43. The number of aromatic nitrogens is 1. The quantitative estimate of drug-likeness (QED) is 0.603. The maximum Gasteiger partial charge on any atom is 0.257 e. The lowest BCUT2D eigenvalue weighted by molar-refractivity contribution is 0.0781. The highest BCUT2D eigenvalue weighted by Crippen LogP contribution is 2.25. The first-order valence-corrected chi connectivity index (χ1v) is 9.28. The number of nitrogens with zero attached hydrogens (tertiary/aromatic N) is 2. The average Bonchev–Trinajstić information content (AvgIpc) is 3.18. The number of amides is 1. The number of ether oxygens (including phenoxy) is 1. The van der Waals surface area contributed by atoms with Crippen LogP contribution in [0.4, 0.5) is 0 Å². The highest BCUT2D eigenvalue weighted by atomic mass is 35.5. The van der Waals surface area contributed by atoms with Crippen molar-refractivity contribution in [3.63, 3.8) is 0 Å². The fourth-order valence-electron chi connectivity index (χ4n) is 2.57. The monoisotopic (exact) mass is 390 g/mol. The van der Waals surface area contributed by atoms with Crippen LogP contribution in [0.3, 0.4) is 0 Å². The molecule has 5 nitrogen and oxygen atoms in total. The van der Waals surface area contributed by atoms with E-state index in [-0.39, 0.29) is 5.91 Å². The molecule has 1 amide bonds. The number of para-hydroxylation sites is 1. The second-order valence-corrected chi connectivity index (χ2v) is 7.75. The Balaban J connectivity index is 1.74. The van der Waals surface area contributed by atoms with Gasteiger partial charge in [0.2, 0.25) is 0 Å². The van der Waals surface area contributed by atoms with Crippen molar-refractivity contribution in [1.29, 1.82) is 0 Å². The van der Waals surface area contributed by atoms with Crippen molar-refractivity contribution >= 4 is 28.8 Å². The molecule has 0 aliphatic carbocycles. The van der Waals surface area contributed by atoms with Gasteiger partial charge in [-0.25, -0.2) is 0 Å². The second kappa shape index (κ2) is 7.93. The summed E-state index contributed by atoms with van der Waals surface area (Å²) in [5, 5.41) is 3.92. The third-order valence-electron chi connectivity index (χ3n) is 4.04. The van der Waals surface area contributed by atoms with Gasteiger partial charge in [-0.1, -0.05) is 28.9 Å². The molecule has 2 heterocycles. The predicted molar refractivity (Wildman–Crippen MR) is 102 cm³/mol. The van der Waals surface area contributed by atoms with E-state index in [4.69, 9.17) is 20.9 Å². The molecule has 26 heavy (non-hydrogen) atoms. The van der Waals surface area contributed by atoms with Crippen molar-refractivity contribution in [3.8, 4) is 5.75 Å². The first-order valence-electron chi connectivity index (χ1n) is 8.09. The van der Waals surface area contributed by atoms with Crippen molar-refractivity contribution in [2.75, 3.05) is 7.05 Å². The smallest absolute Gasteiger partial charge is 0.257 e. The number of carbonyl (C=O) groups is 1. The Hall–Kier alpha value is -2.31. The highest BCUT2D eigenvalue weighted by Gasteiger charge is 2.18. The maximum atomic E-state index is 12.9. The molecule has 0 fully saturated rings. The Kier molecular flexibility index (Phi) is 5.64. The van der Waals surface area contributed by atoms with E-state index in [1.54, 1.807) is 24.1 Å². The van der Waals surface area contributed by atoms with Crippen LogP contribution in [0.1, 0.15) is 32.3 Å². The summed E-state index contributed by atoms with van der Waals surface area (Å²) in [6, 6.07) is 11.0. The molecule has 0 bridgehead atoms. The molecular weight excluding hydrogens is 372 g/mol. The molecule has 1 aromatic carbocycles. The van der Waals surface area contributed by atoms with Gasteiger partial charge in [0.1, 0.15) is 18.1 Å². The number of benzene rings is 1. The zero-order chi connectivity index (χ0) is 18.7. The van der Waals surface area contributed by atoms with Crippen LogP contribution in [0.5, 0.6) is 5.75 Å². The highest BCUT2D eigenvalue weighted by molar-refractivity contribution is 7.16. The van der Waals surface area contributed by atoms with Crippen molar-refractivity contribution < 1.29 is 14.1 Å². The van der Waals surface area contributed by atoms with E-state index in [0.717, 1.165) is 21.9 Å². The van der Waals surface area contributed by atoms with Crippen LogP contribution in [0.2, 0.25) is 4.34 Å². The molecule has 0 radical (unpaired) electrons. The molecule has 0 saturated heterocycles. The molecule has 0 atom stereocenters. The van der Waals surface area contributed by atoms with Gasteiger partial charge in [0.15, 0.2) is 0 Å². The standard InChI is InChI=1S/C19H19ClN2O3S/c1-12-16(13(2)25-21-12)11-24-17-7-5-4-6-15(17)19(23)22(3)10-14-8-9-18(20)26-14/h4-9H,10-11H2,1-3H3. The molecule has 0 spiro atoms. The van der Waals surface area contributed by atoms with E-state index >= 15 is 0 Å². The van der Waals surface area contributed by atoms with Gasteiger partial charge in [0.25, 0.3) is 5.91 Å². The maximum absolute atomic E-state index is 12.9. The van der Waals surface area contributed by atoms with Gasteiger partial charge in [-0.3, -0.25) is 4.79 Å². The molecule has 0 unspecified atom stereocenters. The summed E-state index contributed by atoms with van der Waals surface area (Å²) in [5.74, 6) is 1.15. The molecule has 2 aromatic heterocycles. The Labute approximate surface area is 161 Å². The van der Waals surface area contributed by atoms with Crippen molar-refractivity contribution in [2.45, 2.75) is 27.0 Å². The SMILES string of the molecule is Cc1noc(C)c1COc1ccccc1C(=O)N(C)Cc1ccc(Cl)s1. The Morgan fingerprint density at radius 2 is 2.04 bits per heavy atom. The first kappa shape index (κ1) is 18.5. The topological polar surface area (TPSA) is 55.6 Å². The third-order valence-corrected chi connectivity index (χ3v) is 5.26. The molecular formula is C19H19ClN2O3S. The lowest BCUT2D eigenvalue weighted by atomic mass is 10.1. The molecule has 0 saturated carbocycles. The van der Waals surface area contributed by atoms with Gasteiger partial charge >= 0.3 is 0 Å². The Morgan fingerprint density at radius 1 is 1.27 bits per heavy atom. The number of carbonyl (C=O) groups excluding carboxylic acids is 1. The summed E-state index contributed by atoms with van der Waals surface area (Å²) in [7, 11) is 1.76. The van der Waals surface area contributed by atoms with Gasteiger partial charge in [0.05, 0.1) is 27.7 Å². The zero-order valence-corrected chi connectivity index (χ0v) is 16.4. The fourth-order valence-corrected chi connectivity index (χ4v) is 3.72. The second-order valence-electron chi connectivity index (χ2n) is 5.95. The lowest BCUT2D eigenvalue weighted by Gasteiger charge is -2.18. The minimum absolute atomic E-state index is 0.108. The number of halogens is 1. The van der Waals surface area contributed by atoms with Crippen LogP contribution >= 0.6 is 22.9 Å². The van der Waals surface area contributed by atoms with Gasteiger partial charge in [-0.15, -0.1) is 11.3 Å².